The van der Waals surface area contributed by atoms with Gasteiger partial charge in [-0.1, -0.05) is 12.1 Å². The fourth-order valence-electron chi connectivity index (χ4n) is 2.73. The Morgan fingerprint density at radius 3 is 3.14 bits per heavy atom. The normalized spacial score (nSPS) is 17.6. The van der Waals surface area contributed by atoms with E-state index in [0.29, 0.717) is 25.3 Å². The lowest BCUT2D eigenvalue weighted by Crippen LogP contribution is -2.27. The molecule has 1 aliphatic rings. The van der Waals surface area contributed by atoms with Gasteiger partial charge in [0.1, 0.15) is 5.82 Å². The zero-order valence-electron chi connectivity index (χ0n) is 12.4. The number of H-pyrrole nitrogens is 1. The lowest BCUT2D eigenvalue weighted by molar-refractivity contribution is 0.0783. The molecule has 1 fully saturated rings. The number of aromatic amines is 1. The number of amides is 1. The van der Waals surface area contributed by atoms with Crippen LogP contribution in [-0.2, 0) is 11.3 Å². The molecule has 3 rings (SSSR count). The Morgan fingerprint density at radius 2 is 2.41 bits per heavy atom. The first-order valence-corrected chi connectivity index (χ1v) is 7.26. The van der Waals surface area contributed by atoms with Crippen molar-refractivity contribution in [1.29, 1.82) is 0 Å². The van der Waals surface area contributed by atoms with Crippen molar-refractivity contribution in [3.05, 3.63) is 53.1 Å². The second kappa shape index (κ2) is 6.27. The minimum Gasteiger partial charge on any atom is -0.381 e. The van der Waals surface area contributed by atoms with Crippen LogP contribution in [0.4, 0.5) is 4.39 Å². The third-order valence-corrected chi connectivity index (χ3v) is 3.89. The van der Waals surface area contributed by atoms with Gasteiger partial charge in [-0.05, 0) is 24.1 Å². The molecule has 22 heavy (non-hydrogen) atoms. The maximum atomic E-state index is 13.2. The lowest BCUT2D eigenvalue weighted by atomic mass is 10.0. The molecule has 1 N–H and O–H groups in total. The largest absolute Gasteiger partial charge is 0.381 e. The fourth-order valence-corrected chi connectivity index (χ4v) is 2.73. The molecule has 1 saturated heterocycles. The molecule has 6 heteroatoms. The highest BCUT2D eigenvalue weighted by Gasteiger charge is 2.26. The monoisotopic (exact) mass is 303 g/mol. The molecule has 0 spiro atoms. The summed E-state index contributed by atoms with van der Waals surface area (Å²) < 4.78 is 18.6. The summed E-state index contributed by atoms with van der Waals surface area (Å²) in [7, 11) is 1.70. The SMILES string of the molecule is CN(Cc1cccc(F)c1)C(=O)c1cn[nH]c1[C@H]1CCOC1. The number of rotatable bonds is 4. The smallest absolute Gasteiger partial charge is 0.257 e. The van der Waals surface area contributed by atoms with E-state index in [2.05, 4.69) is 10.2 Å². The Balaban J connectivity index is 1.74. The van der Waals surface area contributed by atoms with E-state index in [1.807, 2.05) is 0 Å². The van der Waals surface area contributed by atoms with Crippen molar-refractivity contribution >= 4 is 5.91 Å². The molecule has 2 heterocycles. The van der Waals surface area contributed by atoms with Gasteiger partial charge in [0.25, 0.3) is 5.91 Å². The van der Waals surface area contributed by atoms with Crippen LogP contribution >= 0.6 is 0 Å². The summed E-state index contributed by atoms with van der Waals surface area (Å²) in [6.45, 7) is 1.66. The van der Waals surface area contributed by atoms with Crippen molar-refractivity contribution in [3.8, 4) is 0 Å². The van der Waals surface area contributed by atoms with Gasteiger partial charge in [0.05, 0.1) is 24.1 Å². The Bertz CT molecular complexity index is 665. The summed E-state index contributed by atoms with van der Waals surface area (Å²) in [4.78, 5) is 14.2. The first-order chi connectivity index (χ1) is 10.6. The number of benzene rings is 1. The number of hydrogen-bond acceptors (Lipinski definition) is 3. The number of halogens is 1. The molecule has 1 aromatic heterocycles. The van der Waals surface area contributed by atoms with Crippen LogP contribution in [0.15, 0.2) is 30.5 Å². The van der Waals surface area contributed by atoms with Crippen molar-refractivity contribution in [3.63, 3.8) is 0 Å². The Morgan fingerprint density at radius 1 is 1.55 bits per heavy atom. The number of nitrogens with one attached hydrogen (secondary N) is 1. The van der Waals surface area contributed by atoms with Crippen LogP contribution in [0.3, 0.4) is 0 Å². The van der Waals surface area contributed by atoms with Crippen molar-refractivity contribution in [1.82, 2.24) is 15.1 Å². The van der Waals surface area contributed by atoms with E-state index in [1.165, 1.54) is 12.1 Å². The zero-order valence-corrected chi connectivity index (χ0v) is 12.4. The van der Waals surface area contributed by atoms with E-state index in [9.17, 15) is 9.18 Å². The Kier molecular flexibility index (Phi) is 4.20. The minimum atomic E-state index is -0.301. The molecule has 0 saturated carbocycles. The summed E-state index contributed by atoms with van der Waals surface area (Å²) in [5.41, 5.74) is 2.15. The summed E-state index contributed by atoms with van der Waals surface area (Å²) >= 11 is 0. The maximum Gasteiger partial charge on any atom is 0.257 e. The fraction of sp³-hybridized carbons (Fsp3) is 0.375. The van der Waals surface area contributed by atoms with E-state index in [0.717, 1.165) is 17.7 Å². The second-order valence-electron chi connectivity index (χ2n) is 5.55. The number of nitrogens with zero attached hydrogens (tertiary/aromatic N) is 2. The highest BCUT2D eigenvalue weighted by Crippen LogP contribution is 2.26. The van der Waals surface area contributed by atoms with Crippen molar-refractivity contribution < 1.29 is 13.9 Å². The van der Waals surface area contributed by atoms with Gasteiger partial charge in [-0.2, -0.15) is 5.10 Å². The van der Waals surface area contributed by atoms with Gasteiger partial charge in [0.15, 0.2) is 0 Å². The van der Waals surface area contributed by atoms with Gasteiger partial charge in [-0.25, -0.2) is 4.39 Å². The Hall–Kier alpha value is -2.21. The molecule has 1 amide bonds. The standard InChI is InChI=1S/C16H18FN3O2/c1-20(9-11-3-2-4-13(17)7-11)16(21)14-8-18-19-15(14)12-5-6-22-10-12/h2-4,7-8,12H,5-6,9-10H2,1H3,(H,18,19)/t12-/m0/s1. The van der Waals surface area contributed by atoms with Crippen LogP contribution in [0, 0.1) is 5.82 Å². The number of carbonyl (C=O) groups is 1. The van der Waals surface area contributed by atoms with Gasteiger partial charge in [-0.15, -0.1) is 0 Å². The summed E-state index contributed by atoms with van der Waals surface area (Å²) in [5.74, 6) is -0.241. The zero-order chi connectivity index (χ0) is 15.5. The highest BCUT2D eigenvalue weighted by molar-refractivity contribution is 5.95. The molecule has 1 aliphatic heterocycles. The van der Waals surface area contributed by atoms with Crippen molar-refractivity contribution in [2.24, 2.45) is 0 Å². The summed E-state index contributed by atoms with van der Waals surface area (Å²) in [6, 6.07) is 6.26. The highest BCUT2D eigenvalue weighted by atomic mass is 19.1. The molecule has 5 nitrogen and oxygen atoms in total. The first-order valence-electron chi connectivity index (χ1n) is 7.26. The van der Waals surface area contributed by atoms with E-state index in [1.54, 1.807) is 30.3 Å². The molecular formula is C16H18FN3O2. The summed E-state index contributed by atoms with van der Waals surface area (Å²) in [6.07, 6.45) is 2.44. The molecule has 116 valence electrons. The molecule has 0 bridgehead atoms. The van der Waals surface area contributed by atoms with Crippen LogP contribution in [0.2, 0.25) is 0 Å². The number of hydrogen-bond donors (Lipinski definition) is 1. The van der Waals surface area contributed by atoms with Gasteiger partial charge in [-0.3, -0.25) is 9.89 Å². The van der Waals surface area contributed by atoms with Crippen LogP contribution in [0.5, 0.6) is 0 Å². The van der Waals surface area contributed by atoms with E-state index < -0.39 is 0 Å². The van der Waals surface area contributed by atoms with Crippen LogP contribution < -0.4 is 0 Å². The van der Waals surface area contributed by atoms with Gasteiger partial charge in [0.2, 0.25) is 0 Å². The van der Waals surface area contributed by atoms with Crippen molar-refractivity contribution in [2.75, 3.05) is 20.3 Å². The first kappa shape index (κ1) is 14.7. The van der Waals surface area contributed by atoms with E-state index in [-0.39, 0.29) is 17.6 Å². The quantitative estimate of drug-likeness (QED) is 0.943. The van der Waals surface area contributed by atoms with Gasteiger partial charge >= 0.3 is 0 Å². The lowest BCUT2D eigenvalue weighted by Gasteiger charge is -2.18. The van der Waals surface area contributed by atoms with Gasteiger partial charge in [0, 0.05) is 26.1 Å². The van der Waals surface area contributed by atoms with E-state index >= 15 is 0 Å². The van der Waals surface area contributed by atoms with Crippen LogP contribution in [0.25, 0.3) is 0 Å². The molecule has 2 aromatic rings. The predicted molar refractivity (Wildman–Crippen MR) is 79.0 cm³/mol. The number of carbonyl (C=O) groups excluding carboxylic acids is 1. The molecule has 0 aliphatic carbocycles. The van der Waals surface area contributed by atoms with E-state index in [4.69, 9.17) is 4.74 Å². The molecule has 0 radical (unpaired) electrons. The van der Waals surface area contributed by atoms with Crippen LogP contribution in [-0.4, -0.2) is 41.3 Å². The topological polar surface area (TPSA) is 58.2 Å². The number of ether oxygens (including phenoxy) is 1. The maximum absolute atomic E-state index is 13.2. The van der Waals surface area contributed by atoms with Crippen molar-refractivity contribution in [2.45, 2.75) is 18.9 Å². The predicted octanol–water partition coefficient (Wildman–Crippen LogP) is 2.32. The summed E-state index contributed by atoms with van der Waals surface area (Å²) in [5, 5.41) is 6.92. The van der Waals surface area contributed by atoms with Crippen LogP contribution in [0.1, 0.15) is 34.0 Å². The molecule has 1 aromatic carbocycles. The third kappa shape index (κ3) is 3.01. The van der Waals surface area contributed by atoms with Gasteiger partial charge < -0.3 is 9.64 Å². The average molecular weight is 303 g/mol. The third-order valence-electron chi connectivity index (χ3n) is 3.89. The number of aromatic nitrogens is 2. The second-order valence-corrected chi connectivity index (χ2v) is 5.55. The molecule has 1 atom stereocenters. The minimum absolute atomic E-state index is 0.125. The Labute approximate surface area is 128 Å². The molecular weight excluding hydrogens is 285 g/mol. The molecule has 0 unspecified atom stereocenters. The average Bonchev–Trinajstić information content (AvgIpc) is 3.17.